The SMILES string of the molecule is O=S(=O)(CC1CC1)NCCc1cccc2c1NCCC2. The third-order valence-electron chi connectivity index (χ3n) is 4.03. The normalized spacial score (nSPS) is 18.4. The van der Waals surface area contributed by atoms with Gasteiger partial charge >= 0.3 is 0 Å². The Morgan fingerprint density at radius 2 is 2.15 bits per heavy atom. The molecule has 0 spiro atoms. The van der Waals surface area contributed by atoms with Gasteiger partial charge < -0.3 is 5.32 Å². The van der Waals surface area contributed by atoms with Gasteiger partial charge in [0.1, 0.15) is 0 Å². The number of anilines is 1. The predicted molar refractivity (Wildman–Crippen MR) is 81.5 cm³/mol. The Kier molecular flexibility index (Phi) is 3.98. The number of para-hydroxylation sites is 1. The van der Waals surface area contributed by atoms with Crippen molar-refractivity contribution in [1.82, 2.24) is 4.72 Å². The van der Waals surface area contributed by atoms with Crippen LogP contribution in [0.15, 0.2) is 18.2 Å². The molecule has 0 atom stereocenters. The smallest absolute Gasteiger partial charge is 0.211 e. The van der Waals surface area contributed by atoms with Crippen molar-refractivity contribution in [2.45, 2.75) is 32.1 Å². The number of benzene rings is 1. The summed E-state index contributed by atoms with van der Waals surface area (Å²) in [6.45, 7) is 1.50. The zero-order chi connectivity index (χ0) is 14.0. The maximum Gasteiger partial charge on any atom is 0.211 e. The number of aryl methyl sites for hydroxylation is 1. The van der Waals surface area contributed by atoms with Gasteiger partial charge in [-0.1, -0.05) is 18.2 Å². The molecule has 0 amide bonds. The minimum absolute atomic E-state index is 0.304. The van der Waals surface area contributed by atoms with Crippen LogP contribution < -0.4 is 10.0 Å². The maximum atomic E-state index is 11.8. The van der Waals surface area contributed by atoms with E-state index in [9.17, 15) is 8.42 Å². The van der Waals surface area contributed by atoms with Crippen molar-refractivity contribution in [2.24, 2.45) is 5.92 Å². The second kappa shape index (κ2) is 5.74. The van der Waals surface area contributed by atoms with Crippen LogP contribution in [-0.2, 0) is 22.9 Å². The van der Waals surface area contributed by atoms with Crippen molar-refractivity contribution in [3.05, 3.63) is 29.3 Å². The summed E-state index contributed by atoms with van der Waals surface area (Å²) < 4.78 is 26.4. The molecule has 0 radical (unpaired) electrons. The molecule has 0 aromatic heterocycles. The van der Waals surface area contributed by atoms with Crippen molar-refractivity contribution in [1.29, 1.82) is 0 Å². The molecule has 20 heavy (non-hydrogen) atoms. The Hall–Kier alpha value is -1.07. The average Bonchev–Trinajstić information content (AvgIpc) is 3.22. The molecular formula is C15H22N2O2S. The molecule has 1 saturated carbocycles. The molecule has 5 heteroatoms. The summed E-state index contributed by atoms with van der Waals surface area (Å²) in [7, 11) is -3.08. The fourth-order valence-electron chi connectivity index (χ4n) is 2.78. The van der Waals surface area contributed by atoms with Gasteiger partial charge in [-0.15, -0.1) is 0 Å². The molecule has 0 unspecified atom stereocenters. The number of rotatable bonds is 6. The summed E-state index contributed by atoms with van der Waals surface area (Å²) in [6, 6.07) is 6.31. The first-order chi connectivity index (χ1) is 9.64. The number of hydrogen-bond acceptors (Lipinski definition) is 3. The lowest BCUT2D eigenvalue weighted by Crippen LogP contribution is -2.29. The Morgan fingerprint density at radius 1 is 1.30 bits per heavy atom. The van der Waals surface area contributed by atoms with Gasteiger partial charge in [0, 0.05) is 18.8 Å². The van der Waals surface area contributed by atoms with E-state index in [1.54, 1.807) is 0 Å². The van der Waals surface area contributed by atoms with Crippen molar-refractivity contribution in [3.63, 3.8) is 0 Å². The summed E-state index contributed by atoms with van der Waals surface area (Å²) in [5.74, 6) is 0.705. The molecule has 1 fully saturated rings. The van der Waals surface area contributed by atoms with E-state index in [0.29, 0.717) is 18.2 Å². The minimum atomic E-state index is -3.08. The number of hydrogen-bond donors (Lipinski definition) is 2. The highest BCUT2D eigenvalue weighted by Crippen LogP contribution is 2.30. The van der Waals surface area contributed by atoms with Crippen molar-refractivity contribution in [2.75, 3.05) is 24.2 Å². The van der Waals surface area contributed by atoms with Crippen molar-refractivity contribution in [3.8, 4) is 0 Å². The monoisotopic (exact) mass is 294 g/mol. The summed E-state index contributed by atoms with van der Waals surface area (Å²) in [5.41, 5.74) is 3.80. The van der Waals surface area contributed by atoms with Crippen LogP contribution in [0.5, 0.6) is 0 Å². The standard InChI is InChI=1S/C15H22N2O2S/c18-20(19,11-12-6-7-12)17-10-8-14-4-1-3-13-5-2-9-16-15(13)14/h1,3-4,12,16-17H,2,5-11H2. The zero-order valence-corrected chi connectivity index (χ0v) is 12.5. The molecule has 1 aromatic carbocycles. The highest BCUT2D eigenvalue weighted by Gasteiger charge is 2.27. The molecule has 0 bridgehead atoms. The first kappa shape index (κ1) is 13.9. The van der Waals surface area contributed by atoms with Gasteiger partial charge in [0.05, 0.1) is 5.75 Å². The van der Waals surface area contributed by atoms with Gasteiger partial charge in [0.2, 0.25) is 10.0 Å². The molecule has 4 nitrogen and oxygen atoms in total. The lowest BCUT2D eigenvalue weighted by atomic mass is 9.98. The van der Waals surface area contributed by atoms with E-state index in [1.807, 2.05) is 0 Å². The quantitative estimate of drug-likeness (QED) is 0.842. The van der Waals surface area contributed by atoms with Crippen molar-refractivity contribution >= 4 is 15.7 Å². The van der Waals surface area contributed by atoms with Gasteiger partial charge in [-0.3, -0.25) is 0 Å². The topological polar surface area (TPSA) is 58.2 Å². The second-order valence-corrected chi connectivity index (χ2v) is 7.70. The predicted octanol–water partition coefficient (Wildman–Crippen LogP) is 1.92. The molecule has 2 aliphatic rings. The lowest BCUT2D eigenvalue weighted by molar-refractivity contribution is 0.578. The highest BCUT2D eigenvalue weighted by molar-refractivity contribution is 7.89. The Bertz CT molecular complexity index is 580. The summed E-state index contributed by atoms with van der Waals surface area (Å²) in [6.07, 6.45) is 5.17. The summed E-state index contributed by atoms with van der Waals surface area (Å²) >= 11 is 0. The van der Waals surface area contributed by atoms with Crippen LogP contribution in [0.1, 0.15) is 30.4 Å². The van der Waals surface area contributed by atoms with Crippen LogP contribution in [0.2, 0.25) is 0 Å². The minimum Gasteiger partial charge on any atom is -0.385 e. The van der Waals surface area contributed by atoms with Gasteiger partial charge in [-0.2, -0.15) is 0 Å². The molecule has 1 aliphatic heterocycles. The van der Waals surface area contributed by atoms with E-state index < -0.39 is 10.0 Å². The number of fused-ring (bicyclic) bond motifs is 1. The second-order valence-electron chi connectivity index (χ2n) is 5.85. The summed E-state index contributed by atoms with van der Waals surface area (Å²) in [4.78, 5) is 0. The molecule has 1 aliphatic carbocycles. The largest absolute Gasteiger partial charge is 0.385 e. The fraction of sp³-hybridized carbons (Fsp3) is 0.600. The van der Waals surface area contributed by atoms with Gasteiger partial charge in [0.15, 0.2) is 0 Å². The van der Waals surface area contributed by atoms with Crippen LogP contribution in [0, 0.1) is 5.92 Å². The average molecular weight is 294 g/mol. The van der Waals surface area contributed by atoms with Crippen LogP contribution >= 0.6 is 0 Å². The first-order valence-corrected chi connectivity index (χ1v) is 9.11. The van der Waals surface area contributed by atoms with Crippen LogP contribution in [0.3, 0.4) is 0 Å². The van der Waals surface area contributed by atoms with Gasteiger partial charge in [-0.25, -0.2) is 13.1 Å². The van der Waals surface area contributed by atoms with E-state index in [4.69, 9.17) is 0 Å². The van der Waals surface area contributed by atoms with Crippen LogP contribution in [0.25, 0.3) is 0 Å². The lowest BCUT2D eigenvalue weighted by Gasteiger charge is -2.21. The van der Waals surface area contributed by atoms with Crippen LogP contribution in [0.4, 0.5) is 5.69 Å². The van der Waals surface area contributed by atoms with Gasteiger partial charge in [0.25, 0.3) is 0 Å². The Morgan fingerprint density at radius 3 is 2.95 bits per heavy atom. The van der Waals surface area contributed by atoms with E-state index in [1.165, 1.54) is 23.2 Å². The molecule has 1 heterocycles. The molecule has 110 valence electrons. The first-order valence-electron chi connectivity index (χ1n) is 7.46. The van der Waals surface area contributed by atoms with E-state index in [2.05, 4.69) is 28.2 Å². The van der Waals surface area contributed by atoms with E-state index in [0.717, 1.165) is 32.2 Å². The Labute approximate surface area is 121 Å². The van der Waals surface area contributed by atoms with E-state index >= 15 is 0 Å². The molecule has 2 N–H and O–H groups in total. The van der Waals surface area contributed by atoms with Crippen LogP contribution in [-0.4, -0.2) is 27.3 Å². The molecule has 0 saturated heterocycles. The molecule has 3 rings (SSSR count). The third kappa shape index (κ3) is 3.52. The summed E-state index contributed by atoms with van der Waals surface area (Å²) in [5, 5.41) is 3.44. The maximum absolute atomic E-state index is 11.8. The molecular weight excluding hydrogens is 272 g/mol. The zero-order valence-electron chi connectivity index (χ0n) is 11.7. The van der Waals surface area contributed by atoms with Crippen molar-refractivity contribution < 1.29 is 8.42 Å². The molecule has 1 aromatic rings. The number of sulfonamides is 1. The highest BCUT2D eigenvalue weighted by atomic mass is 32.2. The number of nitrogens with one attached hydrogen (secondary N) is 2. The van der Waals surface area contributed by atoms with Gasteiger partial charge in [-0.05, 0) is 49.1 Å². The Balaban J connectivity index is 1.58. The third-order valence-corrected chi connectivity index (χ3v) is 5.58. The van der Waals surface area contributed by atoms with E-state index in [-0.39, 0.29) is 0 Å². The fourth-order valence-corrected chi connectivity index (χ4v) is 4.27.